The fraction of sp³-hybridized carbons (Fsp3) is 0.182. The summed E-state index contributed by atoms with van der Waals surface area (Å²) in [6, 6.07) is 28.2. The second kappa shape index (κ2) is 9.54. The highest BCUT2D eigenvalue weighted by atomic mass is 31.1. The second-order valence-corrected chi connectivity index (χ2v) is 7.64. The zero-order valence-corrected chi connectivity index (χ0v) is 16.0. The molecule has 0 heterocycles. The molecule has 0 saturated heterocycles. The molecule has 0 saturated carbocycles. The van der Waals surface area contributed by atoms with E-state index < -0.39 is 26.0 Å². The number of aliphatic hydroxyl groups is 1. The number of benzene rings is 3. The maximum atomic E-state index is 12.6. The SMILES string of the molecule is CO[P+](=O)C(N[C@H](c1ccccc1)[C@@H](O)c1ccccc1)c1ccccc1. The van der Waals surface area contributed by atoms with E-state index in [2.05, 4.69) is 5.32 Å². The molecule has 0 aliphatic carbocycles. The topological polar surface area (TPSA) is 58.6 Å². The fourth-order valence-corrected chi connectivity index (χ4v) is 3.97. The highest BCUT2D eigenvalue weighted by Crippen LogP contribution is 2.42. The smallest absolute Gasteiger partial charge is 0.386 e. The van der Waals surface area contributed by atoms with Crippen molar-refractivity contribution in [3.63, 3.8) is 0 Å². The molecular formula is C22H23NO3P+. The van der Waals surface area contributed by atoms with Crippen LogP contribution < -0.4 is 5.32 Å². The van der Waals surface area contributed by atoms with E-state index in [9.17, 15) is 9.67 Å². The van der Waals surface area contributed by atoms with Crippen molar-refractivity contribution in [2.45, 2.75) is 17.9 Å². The van der Waals surface area contributed by atoms with Gasteiger partial charge in [-0.2, -0.15) is 0 Å². The number of nitrogens with one attached hydrogen (secondary N) is 1. The summed E-state index contributed by atoms with van der Waals surface area (Å²) in [6.45, 7) is 0. The van der Waals surface area contributed by atoms with Crippen molar-refractivity contribution in [3.05, 3.63) is 108 Å². The van der Waals surface area contributed by atoms with Crippen molar-refractivity contribution in [2.24, 2.45) is 0 Å². The van der Waals surface area contributed by atoms with Crippen LogP contribution in [0.4, 0.5) is 0 Å². The van der Waals surface area contributed by atoms with Gasteiger partial charge in [-0.1, -0.05) is 91.0 Å². The molecule has 5 heteroatoms. The lowest BCUT2D eigenvalue weighted by molar-refractivity contribution is 0.126. The zero-order chi connectivity index (χ0) is 19.1. The van der Waals surface area contributed by atoms with Crippen molar-refractivity contribution in [1.82, 2.24) is 5.32 Å². The standard InChI is InChI=1S/C22H23NO3P/c1-26-27(25)22(19-15-9-4-10-16-19)23-20(17-11-5-2-6-12-17)21(24)18-13-7-3-8-14-18/h2-16,20-24H,1H3/q+1/t20-,21+,22?/m1/s1. The Kier molecular flexibility index (Phi) is 6.86. The Balaban J connectivity index is 1.98. The Morgan fingerprint density at radius 3 is 1.70 bits per heavy atom. The number of hydrogen-bond acceptors (Lipinski definition) is 4. The normalized spacial score (nSPS) is 15.0. The van der Waals surface area contributed by atoms with E-state index in [0.717, 1.165) is 16.7 Å². The van der Waals surface area contributed by atoms with Gasteiger partial charge in [0.15, 0.2) is 0 Å². The molecule has 0 aromatic heterocycles. The molecule has 4 atom stereocenters. The summed E-state index contributed by atoms with van der Waals surface area (Å²) in [7, 11) is -0.575. The molecule has 0 bridgehead atoms. The number of rotatable bonds is 8. The summed E-state index contributed by atoms with van der Waals surface area (Å²) in [5.74, 6) is -0.547. The van der Waals surface area contributed by atoms with Gasteiger partial charge in [0.1, 0.15) is 0 Å². The quantitative estimate of drug-likeness (QED) is 0.532. The molecule has 0 aliphatic heterocycles. The third kappa shape index (κ3) is 4.88. The maximum Gasteiger partial charge on any atom is 0.532 e. The molecule has 0 fully saturated rings. The van der Waals surface area contributed by atoms with Gasteiger partial charge in [-0.15, -0.1) is 4.52 Å². The van der Waals surface area contributed by atoms with Crippen molar-refractivity contribution < 1.29 is 14.2 Å². The summed E-state index contributed by atoms with van der Waals surface area (Å²) < 4.78 is 17.8. The molecular weight excluding hydrogens is 357 g/mol. The molecule has 3 rings (SSSR count). The maximum absolute atomic E-state index is 12.6. The lowest BCUT2D eigenvalue weighted by Gasteiger charge is -2.26. The van der Waals surface area contributed by atoms with Crippen molar-refractivity contribution in [2.75, 3.05) is 7.11 Å². The minimum atomic E-state index is -2.01. The Bertz CT molecular complexity index is 843. The highest BCUT2D eigenvalue weighted by molar-refractivity contribution is 7.39. The molecule has 27 heavy (non-hydrogen) atoms. The summed E-state index contributed by atoms with van der Waals surface area (Å²) in [5, 5.41) is 14.5. The van der Waals surface area contributed by atoms with Crippen LogP contribution in [-0.4, -0.2) is 12.2 Å². The largest absolute Gasteiger partial charge is 0.532 e. The van der Waals surface area contributed by atoms with Crippen LogP contribution in [0.25, 0.3) is 0 Å². The van der Waals surface area contributed by atoms with E-state index in [-0.39, 0.29) is 0 Å². The molecule has 3 aromatic rings. The monoisotopic (exact) mass is 380 g/mol. The Morgan fingerprint density at radius 2 is 1.22 bits per heavy atom. The summed E-state index contributed by atoms with van der Waals surface area (Å²) >= 11 is 0. The van der Waals surface area contributed by atoms with E-state index in [1.54, 1.807) is 0 Å². The average Bonchev–Trinajstić information content (AvgIpc) is 2.75. The molecule has 2 N–H and O–H groups in total. The van der Waals surface area contributed by atoms with Crippen molar-refractivity contribution in [1.29, 1.82) is 0 Å². The van der Waals surface area contributed by atoms with Crippen LogP contribution in [0, 0.1) is 0 Å². The first-order chi connectivity index (χ1) is 13.2. The zero-order valence-electron chi connectivity index (χ0n) is 15.1. The van der Waals surface area contributed by atoms with E-state index >= 15 is 0 Å². The molecule has 0 radical (unpaired) electrons. The van der Waals surface area contributed by atoms with Crippen LogP contribution in [0.15, 0.2) is 91.0 Å². The van der Waals surface area contributed by atoms with Gasteiger partial charge in [0.05, 0.1) is 19.3 Å². The highest BCUT2D eigenvalue weighted by Gasteiger charge is 2.37. The van der Waals surface area contributed by atoms with Gasteiger partial charge in [0.25, 0.3) is 5.78 Å². The van der Waals surface area contributed by atoms with E-state index in [4.69, 9.17) is 4.52 Å². The van der Waals surface area contributed by atoms with Crippen LogP contribution >= 0.6 is 8.03 Å². The van der Waals surface area contributed by atoms with E-state index in [1.807, 2.05) is 91.0 Å². The first-order valence-corrected chi connectivity index (χ1v) is 10.0. The Morgan fingerprint density at radius 1 is 0.778 bits per heavy atom. The lowest BCUT2D eigenvalue weighted by Crippen LogP contribution is -2.29. The number of aliphatic hydroxyl groups excluding tert-OH is 1. The molecule has 0 aliphatic rings. The first-order valence-electron chi connectivity index (χ1n) is 8.80. The van der Waals surface area contributed by atoms with Gasteiger partial charge in [0, 0.05) is 5.56 Å². The van der Waals surface area contributed by atoms with Gasteiger partial charge in [0.2, 0.25) is 0 Å². The van der Waals surface area contributed by atoms with Crippen molar-refractivity contribution in [3.8, 4) is 0 Å². The van der Waals surface area contributed by atoms with Gasteiger partial charge in [-0.25, -0.2) is 0 Å². The lowest BCUT2D eigenvalue weighted by atomic mass is 9.95. The third-order valence-electron chi connectivity index (χ3n) is 4.46. The number of hydrogen-bond donors (Lipinski definition) is 2. The predicted octanol–water partition coefficient (Wildman–Crippen LogP) is 5.14. The fourth-order valence-electron chi connectivity index (χ4n) is 3.06. The Hall–Kier alpha value is -2.36. The van der Waals surface area contributed by atoms with Crippen LogP contribution in [-0.2, 0) is 9.09 Å². The van der Waals surface area contributed by atoms with Crippen LogP contribution in [0.5, 0.6) is 0 Å². The summed E-state index contributed by atoms with van der Waals surface area (Å²) in [4.78, 5) is 0. The van der Waals surface area contributed by atoms with Gasteiger partial charge in [-0.3, -0.25) is 5.32 Å². The molecule has 0 amide bonds. The van der Waals surface area contributed by atoms with Gasteiger partial charge < -0.3 is 5.11 Å². The van der Waals surface area contributed by atoms with Crippen LogP contribution in [0.2, 0.25) is 0 Å². The summed E-state index contributed by atoms with van der Waals surface area (Å²) in [5.41, 5.74) is 2.55. The van der Waals surface area contributed by atoms with Crippen LogP contribution in [0.3, 0.4) is 0 Å². The molecule has 138 valence electrons. The minimum absolute atomic E-state index is 0.451. The average molecular weight is 380 g/mol. The molecule has 3 aromatic carbocycles. The third-order valence-corrected chi connectivity index (χ3v) is 5.69. The predicted molar refractivity (Wildman–Crippen MR) is 108 cm³/mol. The summed E-state index contributed by atoms with van der Waals surface area (Å²) in [6.07, 6.45) is -0.805. The van der Waals surface area contributed by atoms with Crippen LogP contribution in [0.1, 0.15) is 34.6 Å². The second-order valence-electron chi connectivity index (χ2n) is 6.19. The minimum Gasteiger partial charge on any atom is -0.386 e. The molecule has 2 unspecified atom stereocenters. The van der Waals surface area contributed by atoms with E-state index in [0.29, 0.717) is 0 Å². The van der Waals surface area contributed by atoms with Gasteiger partial charge >= 0.3 is 8.03 Å². The first kappa shape index (κ1) is 19.4. The van der Waals surface area contributed by atoms with E-state index in [1.165, 1.54) is 7.11 Å². The molecule has 0 spiro atoms. The molecule has 4 nitrogen and oxygen atoms in total. The Labute approximate surface area is 160 Å². The van der Waals surface area contributed by atoms with Crippen molar-refractivity contribution >= 4 is 8.03 Å². The van der Waals surface area contributed by atoms with Gasteiger partial charge in [-0.05, 0) is 15.7 Å².